The molecule has 5 rings (SSSR count). The summed E-state index contributed by atoms with van der Waals surface area (Å²) < 4.78 is 5.21. The second-order valence-electron chi connectivity index (χ2n) is 7.61. The van der Waals surface area contributed by atoms with E-state index in [1.54, 1.807) is 49.6 Å². The number of aromatic nitrogens is 1. The van der Waals surface area contributed by atoms with Gasteiger partial charge in [0, 0.05) is 10.9 Å². The zero-order valence-electron chi connectivity index (χ0n) is 18.6. The topological polar surface area (TPSA) is 62.7 Å². The molecule has 35 heavy (non-hydrogen) atoms. The molecule has 0 N–H and O–H groups in total. The van der Waals surface area contributed by atoms with Gasteiger partial charge in [0.2, 0.25) is 0 Å². The predicted molar refractivity (Wildman–Crippen MR) is 143 cm³/mol. The van der Waals surface area contributed by atoms with Crippen molar-refractivity contribution in [2.24, 2.45) is 0 Å². The lowest BCUT2D eigenvalue weighted by Gasteiger charge is -2.35. The Morgan fingerprint density at radius 2 is 1.49 bits per heavy atom. The molecule has 2 amide bonds. The summed E-state index contributed by atoms with van der Waals surface area (Å²) >= 11 is 6.97. The van der Waals surface area contributed by atoms with Crippen LogP contribution in [0.25, 0.3) is 17.3 Å². The average molecular weight is 498 g/mol. The van der Waals surface area contributed by atoms with Crippen LogP contribution < -0.4 is 14.5 Å². The molecule has 1 aliphatic heterocycles. The number of methoxy groups -OCH3 is 1. The van der Waals surface area contributed by atoms with Crippen LogP contribution in [-0.2, 0) is 9.59 Å². The van der Waals surface area contributed by atoms with Crippen molar-refractivity contribution in [1.29, 1.82) is 0 Å². The van der Waals surface area contributed by atoms with Crippen LogP contribution in [0.3, 0.4) is 0 Å². The van der Waals surface area contributed by atoms with Gasteiger partial charge in [-0.05, 0) is 48.1 Å². The standard InChI is InChI=1S/C27H19N3O3S2/c1-33-21-14-12-18(13-15-21)16-22-24(31)29(20-10-6-3-7-11-20)27(34)30(25(22)32)26-28-23(17-35-26)19-8-4-2-5-9-19/h2-17H,1H3/b22-16-. The molecule has 2 heterocycles. The Labute approximate surface area is 211 Å². The van der Waals surface area contributed by atoms with Gasteiger partial charge in [0.25, 0.3) is 11.8 Å². The van der Waals surface area contributed by atoms with Crippen molar-refractivity contribution in [1.82, 2.24) is 4.98 Å². The monoisotopic (exact) mass is 497 g/mol. The largest absolute Gasteiger partial charge is 0.497 e. The maximum atomic E-state index is 13.7. The fourth-order valence-electron chi connectivity index (χ4n) is 3.68. The molecule has 6 nitrogen and oxygen atoms in total. The van der Waals surface area contributed by atoms with E-state index in [1.807, 2.05) is 53.9 Å². The Hall–Kier alpha value is -4.14. The van der Waals surface area contributed by atoms with Gasteiger partial charge in [0.15, 0.2) is 10.2 Å². The Balaban J connectivity index is 1.60. The van der Waals surface area contributed by atoms with Crippen molar-refractivity contribution in [2.45, 2.75) is 0 Å². The Kier molecular flexibility index (Phi) is 6.22. The molecule has 0 spiro atoms. The summed E-state index contributed by atoms with van der Waals surface area (Å²) in [6.07, 6.45) is 1.57. The van der Waals surface area contributed by atoms with Crippen LogP contribution in [0.15, 0.2) is 95.9 Å². The third-order valence-corrected chi connectivity index (χ3v) is 6.63. The van der Waals surface area contributed by atoms with E-state index in [9.17, 15) is 9.59 Å². The first kappa shape index (κ1) is 22.6. The Morgan fingerprint density at radius 1 is 0.857 bits per heavy atom. The molecule has 4 aromatic rings. The van der Waals surface area contributed by atoms with Crippen molar-refractivity contribution in [3.63, 3.8) is 0 Å². The molecule has 3 aromatic carbocycles. The normalized spacial score (nSPS) is 15.1. The number of hydrogen-bond acceptors (Lipinski definition) is 6. The fraction of sp³-hybridized carbons (Fsp3) is 0.0370. The van der Waals surface area contributed by atoms with Crippen LogP contribution in [0.1, 0.15) is 5.56 Å². The number of hydrogen-bond donors (Lipinski definition) is 0. The molecule has 0 radical (unpaired) electrons. The van der Waals surface area contributed by atoms with Gasteiger partial charge in [-0.1, -0.05) is 60.7 Å². The molecular formula is C27H19N3O3S2. The van der Waals surface area contributed by atoms with Crippen LogP contribution in [0, 0.1) is 0 Å². The molecule has 0 saturated carbocycles. The third-order valence-electron chi connectivity index (χ3n) is 5.44. The fourth-order valence-corrected chi connectivity index (χ4v) is 4.93. The summed E-state index contributed by atoms with van der Waals surface area (Å²) in [6.45, 7) is 0. The van der Waals surface area contributed by atoms with Crippen molar-refractivity contribution in [3.05, 3.63) is 101 Å². The number of rotatable bonds is 5. The minimum atomic E-state index is -0.517. The molecule has 0 atom stereocenters. The van der Waals surface area contributed by atoms with Crippen molar-refractivity contribution >= 4 is 57.4 Å². The van der Waals surface area contributed by atoms with Gasteiger partial charge in [-0.3, -0.25) is 14.5 Å². The lowest BCUT2D eigenvalue weighted by Crippen LogP contribution is -2.56. The molecule has 1 aliphatic rings. The smallest absolute Gasteiger partial charge is 0.272 e. The number of nitrogens with zero attached hydrogens (tertiary/aromatic N) is 3. The third kappa shape index (κ3) is 4.37. The summed E-state index contributed by atoms with van der Waals surface area (Å²) in [4.78, 5) is 34.6. The van der Waals surface area contributed by atoms with Crippen LogP contribution >= 0.6 is 23.6 Å². The second-order valence-corrected chi connectivity index (χ2v) is 8.81. The first-order valence-corrected chi connectivity index (χ1v) is 12.0. The van der Waals surface area contributed by atoms with Crippen LogP contribution in [0.5, 0.6) is 5.75 Å². The van der Waals surface area contributed by atoms with Crippen LogP contribution in [0.4, 0.5) is 10.8 Å². The molecule has 1 saturated heterocycles. The minimum absolute atomic E-state index is 0.0101. The molecule has 1 aromatic heterocycles. The van der Waals surface area contributed by atoms with E-state index in [2.05, 4.69) is 4.98 Å². The van der Waals surface area contributed by atoms with E-state index in [-0.39, 0.29) is 10.7 Å². The lowest BCUT2D eigenvalue weighted by atomic mass is 10.1. The molecular weight excluding hydrogens is 478 g/mol. The molecule has 0 unspecified atom stereocenters. The number of carbonyl (C=O) groups is 2. The van der Waals surface area contributed by atoms with E-state index in [0.29, 0.717) is 22.1 Å². The number of para-hydroxylation sites is 1. The summed E-state index contributed by atoms with van der Waals surface area (Å²) in [5, 5.41) is 2.33. The maximum absolute atomic E-state index is 13.7. The first-order valence-electron chi connectivity index (χ1n) is 10.7. The highest BCUT2D eigenvalue weighted by Gasteiger charge is 2.42. The van der Waals surface area contributed by atoms with Gasteiger partial charge in [0.05, 0.1) is 18.5 Å². The van der Waals surface area contributed by atoms with Crippen LogP contribution in [0.2, 0.25) is 0 Å². The van der Waals surface area contributed by atoms with Crippen molar-refractivity contribution in [3.8, 4) is 17.0 Å². The van der Waals surface area contributed by atoms with Gasteiger partial charge < -0.3 is 4.74 Å². The SMILES string of the molecule is COc1ccc(/C=C2/C(=O)N(c3ccccc3)C(=S)N(c3nc(-c4ccccc4)cs3)C2=O)cc1. The van der Waals surface area contributed by atoms with E-state index < -0.39 is 11.8 Å². The molecule has 1 fully saturated rings. The Morgan fingerprint density at radius 3 is 2.14 bits per heavy atom. The Bertz CT molecular complexity index is 1430. The van der Waals surface area contributed by atoms with Gasteiger partial charge in [-0.15, -0.1) is 11.3 Å². The van der Waals surface area contributed by atoms with Crippen molar-refractivity contribution < 1.29 is 14.3 Å². The number of anilines is 2. The van der Waals surface area contributed by atoms with Gasteiger partial charge >= 0.3 is 0 Å². The highest BCUT2D eigenvalue weighted by molar-refractivity contribution is 7.81. The number of thiazole rings is 1. The van der Waals surface area contributed by atoms with Gasteiger partial charge in [-0.25, -0.2) is 9.88 Å². The number of carbonyl (C=O) groups excluding carboxylic acids is 2. The number of ether oxygens (including phenoxy) is 1. The minimum Gasteiger partial charge on any atom is -0.497 e. The zero-order chi connectivity index (χ0) is 24.4. The second kappa shape index (κ2) is 9.61. The zero-order valence-corrected chi connectivity index (χ0v) is 20.3. The summed E-state index contributed by atoms with van der Waals surface area (Å²) in [6, 6.07) is 25.8. The highest BCUT2D eigenvalue weighted by atomic mass is 32.1. The number of amides is 2. The average Bonchev–Trinajstić information content (AvgIpc) is 3.38. The van der Waals surface area contributed by atoms with E-state index in [1.165, 1.54) is 21.1 Å². The number of thiocarbonyl (C=S) groups is 1. The quantitative estimate of drug-likeness (QED) is 0.205. The summed E-state index contributed by atoms with van der Waals surface area (Å²) in [5.74, 6) is -0.326. The van der Waals surface area contributed by atoms with Gasteiger partial charge in [0.1, 0.15) is 11.3 Å². The molecule has 8 heteroatoms. The number of benzene rings is 3. The lowest BCUT2D eigenvalue weighted by molar-refractivity contribution is -0.120. The van der Waals surface area contributed by atoms with Crippen molar-refractivity contribution in [2.75, 3.05) is 16.9 Å². The van der Waals surface area contributed by atoms with E-state index in [4.69, 9.17) is 17.0 Å². The van der Waals surface area contributed by atoms with Crippen LogP contribution in [-0.4, -0.2) is 29.0 Å². The summed E-state index contributed by atoms with van der Waals surface area (Å²) in [7, 11) is 1.58. The first-order chi connectivity index (χ1) is 17.1. The van der Waals surface area contributed by atoms with Gasteiger partial charge in [-0.2, -0.15) is 0 Å². The molecule has 0 aliphatic carbocycles. The highest BCUT2D eigenvalue weighted by Crippen LogP contribution is 2.33. The predicted octanol–water partition coefficient (Wildman–Crippen LogP) is 5.57. The molecule has 172 valence electrons. The van der Waals surface area contributed by atoms with E-state index >= 15 is 0 Å². The summed E-state index contributed by atoms with van der Waals surface area (Å²) in [5.41, 5.74) is 2.90. The maximum Gasteiger partial charge on any atom is 0.272 e. The van der Waals surface area contributed by atoms with E-state index in [0.717, 1.165) is 11.3 Å². The molecule has 0 bridgehead atoms.